The molecular weight excluding hydrogens is 292 g/mol. The fourth-order valence-corrected chi connectivity index (χ4v) is 4.25. The summed E-state index contributed by atoms with van der Waals surface area (Å²) in [6.45, 7) is 6.17. The molecule has 1 unspecified atom stereocenters. The molecule has 1 aromatic rings. The summed E-state index contributed by atoms with van der Waals surface area (Å²) in [5.74, 6) is 0.808. The van der Waals surface area contributed by atoms with Gasteiger partial charge >= 0.3 is 0 Å². The maximum absolute atomic E-state index is 12.3. The van der Waals surface area contributed by atoms with Gasteiger partial charge in [-0.05, 0) is 62.7 Å². The minimum atomic E-state index is 0. The molecule has 1 amide bonds. The number of hydrogen-bond donors (Lipinski definition) is 2. The fourth-order valence-electron chi connectivity index (χ4n) is 2.95. The Hall–Kier alpha value is -0.580. The van der Waals surface area contributed by atoms with Crippen LogP contribution in [0.1, 0.15) is 35.8 Å². The van der Waals surface area contributed by atoms with Gasteiger partial charge in [0.25, 0.3) is 0 Å². The molecule has 2 heterocycles. The van der Waals surface area contributed by atoms with Crippen LogP contribution in [0.25, 0.3) is 0 Å². The molecule has 3 nitrogen and oxygen atoms in total. The summed E-state index contributed by atoms with van der Waals surface area (Å²) in [5.41, 5.74) is 2.82. The Balaban J connectivity index is 0.00000147. The van der Waals surface area contributed by atoms with Crippen LogP contribution in [-0.4, -0.2) is 19.0 Å². The van der Waals surface area contributed by atoms with Gasteiger partial charge in [0, 0.05) is 10.8 Å². The first-order chi connectivity index (χ1) is 9.16. The monoisotopic (exact) mass is 314 g/mol. The first-order valence-corrected chi connectivity index (χ1v) is 8.11. The Bertz CT molecular complexity index is 496. The van der Waals surface area contributed by atoms with E-state index in [4.69, 9.17) is 0 Å². The van der Waals surface area contributed by atoms with E-state index >= 15 is 0 Å². The first-order valence-electron chi connectivity index (χ1n) is 7.29. The van der Waals surface area contributed by atoms with E-state index in [1.165, 1.54) is 41.7 Å². The standard InChI is InChI=1S/C15H22N2OS.ClH/c1-9(11-7-16-8-11)14(18)17-15-10(2)12-5-3-4-6-13(12)19-15;/h9,11,16H,3-8H2,1-2H3,(H,17,18);1H. The molecule has 1 aromatic heterocycles. The Morgan fingerprint density at radius 1 is 1.35 bits per heavy atom. The highest BCUT2D eigenvalue weighted by Crippen LogP contribution is 2.37. The number of carbonyl (C=O) groups is 1. The number of thiophene rings is 1. The number of rotatable bonds is 3. The van der Waals surface area contributed by atoms with Gasteiger partial charge in [-0.15, -0.1) is 23.7 Å². The number of halogens is 1. The summed E-state index contributed by atoms with van der Waals surface area (Å²) in [6, 6.07) is 0. The van der Waals surface area contributed by atoms with Gasteiger partial charge in [-0.25, -0.2) is 0 Å². The Morgan fingerprint density at radius 2 is 2.05 bits per heavy atom. The number of anilines is 1. The topological polar surface area (TPSA) is 41.1 Å². The Morgan fingerprint density at radius 3 is 2.65 bits per heavy atom. The maximum Gasteiger partial charge on any atom is 0.228 e. The van der Waals surface area contributed by atoms with E-state index < -0.39 is 0 Å². The molecule has 1 saturated heterocycles. The largest absolute Gasteiger partial charge is 0.317 e. The van der Waals surface area contributed by atoms with E-state index in [1.54, 1.807) is 11.3 Å². The molecule has 20 heavy (non-hydrogen) atoms. The summed E-state index contributed by atoms with van der Waals surface area (Å²) in [5, 5.41) is 7.50. The zero-order chi connectivity index (χ0) is 13.4. The molecule has 1 fully saturated rings. The normalized spacial score (nSPS) is 19.5. The minimum absolute atomic E-state index is 0. The molecule has 1 aliphatic carbocycles. The predicted molar refractivity (Wildman–Crippen MR) is 87.1 cm³/mol. The van der Waals surface area contributed by atoms with Gasteiger partial charge < -0.3 is 10.6 Å². The van der Waals surface area contributed by atoms with E-state index in [0.29, 0.717) is 5.92 Å². The van der Waals surface area contributed by atoms with E-state index in [-0.39, 0.29) is 24.2 Å². The average Bonchev–Trinajstić information content (AvgIpc) is 2.65. The molecule has 3 rings (SSSR count). The third-order valence-corrected chi connectivity index (χ3v) is 5.92. The third kappa shape index (κ3) is 2.87. The molecule has 2 aliphatic rings. The van der Waals surface area contributed by atoms with Gasteiger partial charge in [0.15, 0.2) is 0 Å². The molecule has 0 radical (unpaired) electrons. The Labute approximate surface area is 130 Å². The predicted octanol–water partition coefficient (Wildman–Crippen LogP) is 3.15. The summed E-state index contributed by atoms with van der Waals surface area (Å²) < 4.78 is 0. The molecule has 0 bridgehead atoms. The molecular formula is C15H23ClN2OS. The van der Waals surface area contributed by atoms with Crippen LogP contribution >= 0.6 is 23.7 Å². The van der Waals surface area contributed by atoms with Crippen LogP contribution in [0.2, 0.25) is 0 Å². The third-order valence-electron chi connectivity index (χ3n) is 4.61. The number of fused-ring (bicyclic) bond motifs is 1. The average molecular weight is 315 g/mol. The van der Waals surface area contributed by atoms with E-state index in [2.05, 4.69) is 17.6 Å². The van der Waals surface area contributed by atoms with Crippen molar-refractivity contribution in [1.29, 1.82) is 0 Å². The van der Waals surface area contributed by atoms with E-state index in [0.717, 1.165) is 18.1 Å². The molecule has 1 aliphatic heterocycles. The fraction of sp³-hybridized carbons (Fsp3) is 0.667. The van der Waals surface area contributed by atoms with Crippen LogP contribution in [0.4, 0.5) is 5.00 Å². The number of nitrogens with one attached hydrogen (secondary N) is 2. The lowest BCUT2D eigenvalue weighted by atomic mass is 9.88. The second-order valence-electron chi connectivity index (χ2n) is 5.86. The Kier molecular flexibility index (Phi) is 5.10. The molecule has 112 valence electrons. The number of carbonyl (C=O) groups excluding carboxylic acids is 1. The quantitative estimate of drug-likeness (QED) is 0.900. The van der Waals surface area contributed by atoms with Crippen LogP contribution < -0.4 is 10.6 Å². The van der Waals surface area contributed by atoms with Crippen LogP contribution in [0, 0.1) is 18.8 Å². The second-order valence-corrected chi connectivity index (χ2v) is 6.97. The highest BCUT2D eigenvalue weighted by Gasteiger charge is 2.29. The first kappa shape index (κ1) is 15.8. The molecule has 0 saturated carbocycles. The lowest BCUT2D eigenvalue weighted by Crippen LogP contribution is -2.48. The van der Waals surface area contributed by atoms with Crippen LogP contribution in [0.3, 0.4) is 0 Å². The number of amides is 1. The van der Waals surface area contributed by atoms with Gasteiger partial charge in [-0.3, -0.25) is 4.79 Å². The minimum Gasteiger partial charge on any atom is -0.317 e. The summed E-state index contributed by atoms with van der Waals surface area (Å²) >= 11 is 1.80. The van der Waals surface area contributed by atoms with Gasteiger partial charge in [-0.2, -0.15) is 0 Å². The lowest BCUT2D eigenvalue weighted by Gasteiger charge is -2.31. The van der Waals surface area contributed by atoms with Crippen LogP contribution in [0.15, 0.2) is 0 Å². The van der Waals surface area contributed by atoms with Crippen molar-refractivity contribution in [3.8, 4) is 0 Å². The van der Waals surface area contributed by atoms with Crippen molar-refractivity contribution in [3.63, 3.8) is 0 Å². The molecule has 0 aromatic carbocycles. The highest BCUT2D eigenvalue weighted by atomic mass is 35.5. The molecule has 1 atom stereocenters. The highest BCUT2D eigenvalue weighted by molar-refractivity contribution is 7.16. The van der Waals surface area contributed by atoms with Crippen LogP contribution in [0.5, 0.6) is 0 Å². The molecule has 5 heteroatoms. The van der Waals surface area contributed by atoms with Gasteiger partial charge in [0.05, 0.1) is 5.00 Å². The van der Waals surface area contributed by atoms with Crippen molar-refractivity contribution in [1.82, 2.24) is 5.32 Å². The number of aryl methyl sites for hydroxylation is 1. The van der Waals surface area contributed by atoms with Gasteiger partial charge in [-0.1, -0.05) is 6.92 Å². The lowest BCUT2D eigenvalue weighted by molar-refractivity contribution is -0.121. The van der Waals surface area contributed by atoms with Crippen LogP contribution in [-0.2, 0) is 17.6 Å². The van der Waals surface area contributed by atoms with Crippen molar-refractivity contribution in [2.75, 3.05) is 18.4 Å². The SMILES string of the molecule is Cc1c(NC(=O)C(C)C2CNC2)sc2c1CCCC2.Cl. The van der Waals surface area contributed by atoms with Crippen molar-refractivity contribution in [2.45, 2.75) is 39.5 Å². The van der Waals surface area contributed by atoms with Crippen molar-refractivity contribution in [3.05, 3.63) is 16.0 Å². The van der Waals surface area contributed by atoms with E-state index in [1.807, 2.05) is 6.92 Å². The smallest absolute Gasteiger partial charge is 0.228 e. The van der Waals surface area contributed by atoms with Crippen molar-refractivity contribution in [2.24, 2.45) is 11.8 Å². The summed E-state index contributed by atoms with van der Waals surface area (Å²) in [7, 11) is 0. The van der Waals surface area contributed by atoms with Crippen molar-refractivity contribution < 1.29 is 4.79 Å². The zero-order valence-corrected chi connectivity index (χ0v) is 13.8. The molecule has 0 spiro atoms. The van der Waals surface area contributed by atoms with Gasteiger partial charge in [0.2, 0.25) is 5.91 Å². The number of hydrogen-bond acceptors (Lipinski definition) is 3. The zero-order valence-electron chi connectivity index (χ0n) is 12.1. The summed E-state index contributed by atoms with van der Waals surface area (Å²) in [4.78, 5) is 13.8. The van der Waals surface area contributed by atoms with Gasteiger partial charge in [0.1, 0.15) is 0 Å². The van der Waals surface area contributed by atoms with Crippen molar-refractivity contribution >= 4 is 34.7 Å². The summed E-state index contributed by atoms with van der Waals surface area (Å²) in [6.07, 6.45) is 4.97. The second kappa shape index (κ2) is 6.46. The van der Waals surface area contributed by atoms with E-state index in [9.17, 15) is 4.79 Å². The maximum atomic E-state index is 12.3. The molecule has 2 N–H and O–H groups in total.